The zero-order valence-electron chi connectivity index (χ0n) is 21.8. The highest BCUT2D eigenvalue weighted by Crippen LogP contribution is 2.37. The highest BCUT2D eigenvalue weighted by atomic mass is 16.5. The van der Waals surface area contributed by atoms with Crippen molar-refractivity contribution in [2.45, 2.75) is 76.4 Å². The molecular weight excluding hydrogens is 436 g/mol. The van der Waals surface area contributed by atoms with Crippen molar-refractivity contribution in [3.05, 3.63) is 70.8 Å². The van der Waals surface area contributed by atoms with Crippen LogP contribution in [0.2, 0.25) is 0 Å². The molecule has 192 valence electrons. The van der Waals surface area contributed by atoms with Crippen LogP contribution in [0.1, 0.15) is 84.8 Å². The summed E-state index contributed by atoms with van der Waals surface area (Å²) in [6.07, 6.45) is 9.73. The van der Waals surface area contributed by atoms with Crippen molar-refractivity contribution in [3.8, 4) is 0 Å². The molecule has 1 amide bonds. The van der Waals surface area contributed by atoms with E-state index in [1.54, 1.807) is 7.11 Å². The average molecular weight is 481 g/mol. The van der Waals surface area contributed by atoms with E-state index in [2.05, 4.69) is 10.6 Å². The Balaban J connectivity index is 1.81. The molecule has 5 nitrogen and oxygen atoms in total. The number of ether oxygens (including phenoxy) is 1. The van der Waals surface area contributed by atoms with Gasteiger partial charge in [0.05, 0.1) is 0 Å². The molecule has 1 fully saturated rings. The molecule has 35 heavy (non-hydrogen) atoms. The number of rotatable bonds is 13. The zero-order valence-corrected chi connectivity index (χ0v) is 21.8. The Bertz CT molecular complexity index is 925. The van der Waals surface area contributed by atoms with Crippen molar-refractivity contribution in [2.75, 3.05) is 27.3 Å². The third-order valence-corrected chi connectivity index (χ3v) is 7.46. The van der Waals surface area contributed by atoms with E-state index in [0.717, 1.165) is 42.5 Å². The Morgan fingerprint density at radius 3 is 2.60 bits per heavy atom. The number of benzene rings is 2. The molecule has 1 aliphatic rings. The van der Waals surface area contributed by atoms with Gasteiger partial charge in [0.2, 0.25) is 0 Å². The molecule has 2 aromatic rings. The van der Waals surface area contributed by atoms with E-state index < -0.39 is 5.60 Å². The maximum Gasteiger partial charge on any atom is 0.251 e. The van der Waals surface area contributed by atoms with Crippen LogP contribution in [0, 0.1) is 12.8 Å². The van der Waals surface area contributed by atoms with Gasteiger partial charge in [0.1, 0.15) is 5.60 Å². The van der Waals surface area contributed by atoms with Gasteiger partial charge in [0.25, 0.3) is 5.91 Å². The Morgan fingerprint density at radius 2 is 1.89 bits per heavy atom. The number of methoxy groups -OCH3 is 1. The van der Waals surface area contributed by atoms with Crippen LogP contribution in [-0.2, 0) is 10.3 Å². The molecule has 0 bridgehead atoms. The number of hydrogen-bond acceptors (Lipinski definition) is 4. The summed E-state index contributed by atoms with van der Waals surface area (Å²) < 4.78 is 5.21. The van der Waals surface area contributed by atoms with Crippen molar-refractivity contribution in [1.29, 1.82) is 0 Å². The second-order valence-corrected chi connectivity index (χ2v) is 10.2. The Hall–Kier alpha value is -2.21. The molecule has 0 radical (unpaired) electrons. The lowest BCUT2D eigenvalue weighted by molar-refractivity contribution is 0.0644. The summed E-state index contributed by atoms with van der Waals surface area (Å²) in [5, 5.41) is 18.6. The molecule has 3 rings (SSSR count). The van der Waals surface area contributed by atoms with E-state index >= 15 is 0 Å². The fourth-order valence-corrected chi connectivity index (χ4v) is 5.55. The van der Waals surface area contributed by atoms with E-state index in [9.17, 15) is 9.90 Å². The first-order chi connectivity index (χ1) is 17.0. The molecule has 1 aliphatic carbocycles. The number of nitrogens with one attached hydrogen (secondary N) is 2. The fraction of sp³-hybridized carbons (Fsp3) is 0.567. The first kappa shape index (κ1) is 27.4. The number of amides is 1. The maximum absolute atomic E-state index is 13.3. The first-order valence-corrected chi connectivity index (χ1v) is 13.3. The van der Waals surface area contributed by atoms with Gasteiger partial charge in [-0.1, -0.05) is 68.5 Å². The van der Waals surface area contributed by atoms with Gasteiger partial charge < -0.3 is 20.5 Å². The van der Waals surface area contributed by atoms with E-state index in [1.165, 1.54) is 32.1 Å². The number of hydrogen-bond donors (Lipinski definition) is 3. The quantitative estimate of drug-likeness (QED) is 0.339. The van der Waals surface area contributed by atoms with Crippen molar-refractivity contribution in [3.63, 3.8) is 0 Å². The molecule has 2 aromatic carbocycles. The largest absolute Gasteiger partial charge is 0.385 e. The van der Waals surface area contributed by atoms with Gasteiger partial charge in [-0.25, -0.2) is 0 Å². The summed E-state index contributed by atoms with van der Waals surface area (Å²) >= 11 is 0. The fourth-order valence-electron chi connectivity index (χ4n) is 5.55. The molecule has 2 atom stereocenters. The van der Waals surface area contributed by atoms with Crippen molar-refractivity contribution in [1.82, 2.24) is 10.6 Å². The number of carbonyl (C=O) groups is 1. The molecule has 2 unspecified atom stereocenters. The number of likely N-dealkylation sites (N-methyl/N-ethyl adjacent to an activating group) is 1. The lowest BCUT2D eigenvalue weighted by atomic mass is 9.79. The molecule has 3 N–H and O–H groups in total. The maximum atomic E-state index is 13.3. The van der Waals surface area contributed by atoms with Crippen LogP contribution < -0.4 is 10.6 Å². The summed E-state index contributed by atoms with van der Waals surface area (Å²) in [6, 6.07) is 15.6. The first-order valence-electron chi connectivity index (χ1n) is 13.3. The molecule has 0 aliphatic heterocycles. The Morgan fingerprint density at radius 1 is 1.11 bits per heavy atom. The third kappa shape index (κ3) is 7.63. The lowest BCUT2D eigenvalue weighted by Crippen LogP contribution is -2.42. The third-order valence-electron chi connectivity index (χ3n) is 7.46. The molecule has 0 spiro atoms. The van der Waals surface area contributed by atoms with Gasteiger partial charge in [-0.05, 0) is 74.4 Å². The highest BCUT2D eigenvalue weighted by Gasteiger charge is 2.33. The van der Waals surface area contributed by atoms with Crippen LogP contribution in [0.25, 0.3) is 0 Å². The second kappa shape index (κ2) is 13.8. The van der Waals surface area contributed by atoms with E-state index in [-0.39, 0.29) is 11.9 Å². The summed E-state index contributed by atoms with van der Waals surface area (Å²) in [5.41, 5.74) is 2.12. The van der Waals surface area contributed by atoms with Gasteiger partial charge in [-0.3, -0.25) is 4.79 Å². The Labute approximate surface area is 211 Å². The molecule has 0 heterocycles. The summed E-state index contributed by atoms with van der Waals surface area (Å²) in [4.78, 5) is 13.3. The Kier molecular flexibility index (Phi) is 10.8. The standard InChI is InChI=1S/C30H44N2O3/c1-23-12-7-8-17-28(23)30(34,18-9-10-19-35-3)26-16-11-15-25(21-26)29(33)32-27(22-31-2)20-24-13-5-4-6-14-24/h7-8,11-12,15-17,21,24,27,31,34H,4-6,9-10,13-14,18-20,22H2,1-3H3,(H,32,33). The van der Waals surface area contributed by atoms with Crippen molar-refractivity contribution < 1.29 is 14.6 Å². The average Bonchev–Trinajstić information content (AvgIpc) is 2.87. The van der Waals surface area contributed by atoms with Gasteiger partial charge in [0, 0.05) is 31.9 Å². The molecule has 0 aromatic heterocycles. The van der Waals surface area contributed by atoms with Crippen LogP contribution in [0.3, 0.4) is 0 Å². The molecule has 0 saturated heterocycles. The molecule has 1 saturated carbocycles. The van der Waals surface area contributed by atoms with E-state index in [1.807, 2.05) is 62.5 Å². The normalized spacial score (nSPS) is 17.0. The summed E-state index contributed by atoms with van der Waals surface area (Å²) in [5.74, 6) is 0.612. The summed E-state index contributed by atoms with van der Waals surface area (Å²) in [6.45, 7) is 3.45. The number of unbranched alkanes of at least 4 members (excludes halogenated alkanes) is 1. The van der Waals surface area contributed by atoms with E-state index in [4.69, 9.17) is 4.74 Å². The minimum Gasteiger partial charge on any atom is -0.385 e. The highest BCUT2D eigenvalue weighted by molar-refractivity contribution is 5.94. The van der Waals surface area contributed by atoms with Gasteiger partial charge in [0.15, 0.2) is 0 Å². The number of aliphatic hydroxyl groups is 1. The lowest BCUT2D eigenvalue weighted by Gasteiger charge is -2.31. The minimum atomic E-state index is -1.16. The predicted octanol–water partition coefficient (Wildman–Crippen LogP) is 5.34. The topological polar surface area (TPSA) is 70.6 Å². The predicted molar refractivity (Wildman–Crippen MR) is 143 cm³/mol. The van der Waals surface area contributed by atoms with Crippen LogP contribution in [0.4, 0.5) is 0 Å². The number of aryl methyl sites for hydroxylation is 1. The van der Waals surface area contributed by atoms with Gasteiger partial charge in [-0.15, -0.1) is 0 Å². The number of carbonyl (C=O) groups excluding carboxylic acids is 1. The summed E-state index contributed by atoms with van der Waals surface area (Å²) in [7, 11) is 3.64. The second-order valence-electron chi connectivity index (χ2n) is 10.2. The molecular formula is C30H44N2O3. The van der Waals surface area contributed by atoms with Crippen LogP contribution >= 0.6 is 0 Å². The van der Waals surface area contributed by atoms with E-state index in [0.29, 0.717) is 24.5 Å². The molecule has 5 heteroatoms. The smallest absolute Gasteiger partial charge is 0.251 e. The monoisotopic (exact) mass is 480 g/mol. The van der Waals surface area contributed by atoms with Crippen LogP contribution in [0.15, 0.2) is 48.5 Å². The van der Waals surface area contributed by atoms with Crippen LogP contribution in [0.5, 0.6) is 0 Å². The SMILES string of the molecule is CNCC(CC1CCCCC1)NC(=O)c1cccc(C(O)(CCCCOC)c2ccccc2C)c1. The van der Waals surface area contributed by atoms with Crippen LogP contribution in [-0.4, -0.2) is 44.4 Å². The minimum absolute atomic E-state index is 0.0746. The zero-order chi connectivity index (χ0) is 25.1. The van der Waals surface area contributed by atoms with Crippen molar-refractivity contribution >= 4 is 5.91 Å². The van der Waals surface area contributed by atoms with Crippen molar-refractivity contribution in [2.24, 2.45) is 5.92 Å². The van der Waals surface area contributed by atoms with Gasteiger partial charge in [-0.2, -0.15) is 0 Å². The van der Waals surface area contributed by atoms with Gasteiger partial charge >= 0.3 is 0 Å².